The van der Waals surface area contributed by atoms with Crippen molar-refractivity contribution in [1.82, 2.24) is 9.97 Å². The van der Waals surface area contributed by atoms with E-state index in [0.29, 0.717) is 22.3 Å². The first-order valence-electron chi connectivity index (χ1n) is 8.33. The number of hydrogen-bond acceptors (Lipinski definition) is 6. The average Bonchev–Trinajstić information content (AvgIpc) is 3.38. The van der Waals surface area contributed by atoms with E-state index >= 15 is 0 Å². The number of ether oxygens (including phenoxy) is 1. The molecular formula is C20H14FN3O3S. The Kier molecular flexibility index (Phi) is 5.11. The van der Waals surface area contributed by atoms with Gasteiger partial charge in [0, 0.05) is 11.6 Å². The molecule has 0 atom stereocenters. The summed E-state index contributed by atoms with van der Waals surface area (Å²) in [6, 6.07) is 14.4. The average molecular weight is 395 g/mol. The first-order chi connectivity index (χ1) is 13.7. The van der Waals surface area contributed by atoms with Crippen molar-refractivity contribution in [3.63, 3.8) is 0 Å². The number of hydrogen-bond donors (Lipinski definition) is 1. The van der Waals surface area contributed by atoms with Gasteiger partial charge in [-0.15, -0.1) is 11.3 Å². The zero-order chi connectivity index (χ0) is 19.3. The quantitative estimate of drug-likeness (QED) is 0.509. The van der Waals surface area contributed by atoms with Crippen LogP contribution in [0.2, 0.25) is 0 Å². The molecule has 0 fully saturated rings. The Morgan fingerprint density at radius 3 is 2.75 bits per heavy atom. The van der Waals surface area contributed by atoms with Crippen LogP contribution in [-0.4, -0.2) is 15.9 Å². The van der Waals surface area contributed by atoms with Gasteiger partial charge in [-0.1, -0.05) is 6.07 Å². The number of pyridine rings is 1. The molecule has 4 rings (SSSR count). The number of halogens is 1. The number of thiazole rings is 1. The lowest BCUT2D eigenvalue weighted by Crippen LogP contribution is -2.10. The second kappa shape index (κ2) is 8.01. The zero-order valence-electron chi connectivity index (χ0n) is 14.5. The summed E-state index contributed by atoms with van der Waals surface area (Å²) < 4.78 is 23.9. The van der Waals surface area contributed by atoms with Gasteiger partial charge < -0.3 is 9.15 Å². The fraction of sp³-hybridized carbons (Fsp3) is 0.0500. The van der Waals surface area contributed by atoms with E-state index in [-0.39, 0.29) is 18.2 Å². The lowest BCUT2D eigenvalue weighted by atomic mass is 10.3. The van der Waals surface area contributed by atoms with Crippen LogP contribution in [-0.2, 0) is 6.61 Å². The number of rotatable bonds is 6. The molecule has 1 aromatic carbocycles. The van der Waals surface area contributed by atoms with Gasteiger partial charge >= 0.3 is 0 Å². The summed E-state index contributed by atoms with van der Waals surface area (Å²) in [5.41, 5.74) is 1.42. The molecule has 140 valence electrons. The minimum Gasteiger partial charge on any atom is -0.486 e. The summed E-state index contributed by atoms with van der Waals surface area (Å²) in [5.74, 6) is 0.386. The van der Waals surface area contributed by atoms with Crippen molar-refractivity contribution in [2.24, 2.45) is 0 Å². The second-order valence-electron chi connectivity index (χ2n) is 5.72. The topological polar surface area (TPSA) is 77.2 Å². The number of nitrogens with one attached hydrogen (secondary N) is 1. The number of furan rings is 1. The molecule has 0 unspecified atom stereocenters. The van der Waals surface area contributed by atoms with Gasteiger partial charge in [-0.2, -0.15) is 0 Å². The third kappa shape index (κ3) is 4.24. The molecule has 6 nitrogen and oxygen atoms in total. The molecule has 3 heterocycles. The number of amides is 1. The van der Waals surface area contributed by atoms with Crippen LogP contribution in [0.4, 0.5) is 9.52 Å². The van der Waals surface area contributed by atoms with Crippen molar-refractivity contribution in [2.75, 3.05) is 5.32 Å². The molecule has 0 aliphatic heterocycles. The largest absolute Gasteiger partial charge is 0.486 e. The van der Waals surface area contributed by atoms with Crippen LogP contribution in [0.3, 0.4) is 0 Å². The predicted molar refractivity (Wildman–Crippen MR) is 103 cm³/mol. The number of aromatic nitrogens is 2. The Balaban J connectivity index is 1.37. The number of anilines is 1. The van der Waals surface area contributed by atoms with Crippen molar-refractivity contribution < 1.29 is 18.3 Å². The molecule has 1 N–H and O–H groups in total. The van der Waals surface area contributed by atoms with Gasteiger partial charge in [0.15, 0.2) is 10.9 Å². The Labute approximate surface area is 163 Å². The molecule has 3 aromatic heterocycles. The summed E-state index contributed by atoms with van der Waals surface area (Å²) in [5, 5.41) is 4.98. The van der Waals surface area contributed by atoms with Gasteiger partial charge in [-0.05, 0) is 48.5 Å². The molecule has 8 heteroatoms. The third-order valence-electron chi connectivity index (χ3n) is 3.73. The predicted octanol–water partition coefficient (Wildman–Crippen LogP) is 4.77. The Bertz CT molecular complexity index is 1080. The summed E-state index contributed by atoms with van der Waals surface area (Å²) in [6.07, 6.45) is 1.69. The highest BCUT2D eigenvalue weighted by Crippen LogP contribution is 2.24. The molecule has 0 saturated carbocycles. The standard InChI is InChI=1S/C20H14FN3O3S/c21-13-4-6-14(7-5-13)26-11-15-8-9-18(27-15)19(25)24-20-23-17(12-28-20)16-3-1-2-10-22-16/h1-10,12H,11H2,(H,23,24,25). The molecular weight excluding hydrogens is 381 g/mol. The molecule has 0 spiro atoms. The number of carbonyl (C=O) groups excluding carboxylic acids is 1. The van der Waals surface area contributed by atoms with E-state index in [2.05, 4.69) is 15.3 Å². The maximum Gasteiger partial charge on any atom is 0.293 e. The highest BCUT2D eigenvalue weighted by molar-refractivity contribution is 7.14. The van der Waals surface area contributed by atoms with E-state index in [1.807, 2.05) is 23.6 Å². The van der Waals surface area contributed by atoms with E-state index in [1.165, 1.54) is 35.6 Å². The van der Waals surface area contributed by atoms with Crippen LogP contribution in [0.15, 0.2) is 70.6 Å². The Morgan fingerprint density at radius 1 is 1.11 bits per heavy atom. The minimum absolute atomic E-state index is 0.125. The second-order valence-corrected chi connectivity index (χ2v) is 6.57. The minimum atomic E-state index is -0.407. The van der Waals surface area contributed by atoms with Crippen LogP contribution in [0.5, 0.6) is 5.75 Å². The van der Waals surface area contributed by atoms with E-state index in [1.54, 1.807) is 18.3 Å². The fourth-order valence-corrected chi connectivity index (χ4v) is 3.08. The summed E-state index contributed by atoms with van der Waals surface area (Å²) in [7, 11) is 0. The lowest BCUT2D eigenvalue weighted by Gasteiger charge is -2.03. The van der Waals surface area contributed by atoms with Crippen molar-refractivity contribution in [2.45, 2.75) is 6.61 Å². The number of benzene rings is 1. The highest BCUT2D eigenvalue weighted by atomic mass is 32.1. The fourth-order valence-electron chi connectivity index (χ4n) is 2.38. The molecule has 1 amide bonds. The van der Waals surface area contributed by atoms with E-state index in [9.17, 15) is 9.18 Å². The van der Waals surface area contributed by atoms with Crippen molar-refractivity contribution in [3.05, 3.63) is 83.5 Å². The SMILES string of the molecule is O=C(Nc1nc(-c2ccccn2)cs1)c1ccc(COc2ccc(F)cc2)o1. The Morgan fingerprint density at radius 2 is 1.96 bits per heavy atom. The van der Waals surface area contributed by atoms with Gasteiger partial charge in [0.25, 0.3) is 5.91 Å². The number of nitrogens with zero attached hydrogens (tertiary/aromatic N) is 2. The monoisotopic (exact) mass is 395 g/mol. The molecule has 0 aliphatic rings. The molecule has 0 radical (unpaired) electrons. The molecule has 0 bridgehead atoms. The first-order valence-corrected chi connectivity index (χ1v) is 9.21. The van der Waals surface area contributed by atoms with Crippen LogP contribution in [0, 0.1) is 5.82 Å². The van der Waals surface area contributed by atoms with Crippen LogP contribution < -0.4 is 10.1 Å². The van der Waals surface area contributed by atoms with Crippen molar-refractivity contribution >= 4 is 22.4 Å². The van der Waals surface area contributed by atoms with Crippen molar-refractivity contribution in [3.8, 4) is 17.1 Å². The van der Waals surface area contributed by atoms with Gasteiger partial charge in [0.1, 0.15) is 29.6 Å². The van der Waals surface area contributed by atoms with E-state index in [4.69, 9.17) is 9.15 Å². The van der Waals surface area contributed by atoms with Crippen LogP contribution in [0.1, 0.15) is 16.3 Å². The molecule has 0 saturated heterocycles. The molecule has 4 aromatic rings. The zero-order valence-corrected chi connectivity index (χ0v) is 15.3. The normalized spacial score (nSPS) is 10.6. The summed E-state index contributed by atoms with van der Waals surface area (Å²) in [4.78, 5) is 20.9. The smallest absolute Gasteiger partial charge is 0.293 e. The maximum atomic E-state index is 12.9. The highest BCUT2D eigenvalue weighted by Gasteiger charge is 2.14. The van der Waals surface area contributed by atoms with Gasteiger partial charge in [0.05, 0.1) is 5.69 Å². The van der Waals surface area contributed by atoms with Gasteiger partial charge in [-0.25, -0.2) is 9.37 Å². The summed E-state index contributed by atoms with van der Waals surface area (Å²) in [6.45, 7) is 0.125. The summed E-state index contributed by atoms with van der Waals surface area (Å²) >= 11 is 1.30. The van der Waals surface area contributed by atoms with Crippen LogP contribution >= 0.6 is 11.3 Å². The van der Waals surface area contributed by atoms with E-state index < -0.39 is 5.91 Å². The maximum absolute atomic E-state index is 12.9. The Hall–Kier alpha value is -3.52. The van der Waals surface area contributed by atoms with Crippen molar-refractivity contribution in [1.29, 1.82) is 0 Å². The van der Waals surface area contributed by atoms with Gasteiger partial charge in [0.2, 0.25) is 0 Å². The molecule has 28 heavy (non-hydrogen) atoms. The van der Waals surface area contributed by atoms with Crippen LogP contribution in [0.25, 0.3) is 11.4 Å². The lowest BCUT2D eigenvalue weighted by molar-refractivity contribution is 0.0992. The first kappa shape index (κ1) is 17.9. The number of carbonyl (C=O) groups is 1. The third-order valence-corrected chi connectivity index (χ3v) is 4.49. The molecule has 0 aliphatic carbocycles. The van der Waals surface area contributed by atoms with Gasteiger partial charge in [-0.3, -0.25) is 15.1 Å². The van der Waals surface area contributed by atoms with E-state index in [0.717, 1.165) is 5.69 Å².